The van der Waals surface area contributed by atoms with E-state index in [4.69, 9.17) is 9.47 Å². The summed E-state index contributed by atoms with van der Waals surface area (Å²) in [5, 5.41) is 2.54. The Bertz CT molecular complexity index is 500. The molecule has 1 unspecified atom stereocenters. The van der Waals surface area contributed by atoms with Crippen molar-refractivity contribution in [1.29, 1.82) is 0 Å². The van der Waals surface area contributed by atoms with Crippen LogP contribution >= 0.6 is 0 Å². The molecule has 1 aliphatic rings. The molecule has 2 rings (SSSR count). The Balaban J connectivity index is 2.09. The lowest BCUT2D eigenvalue weighted by Crippen LogP contribution is -2.39. The first kappa shape index (κ1) is 13.2. The highest BCUT2D eigenvalue weighted by Crippen LogP contribution is 2.30. The quantitative estimate of drug-likeness (QED) is 0.816. The molecule has 1 N–H and O–H groups in total. The molecule has 0 radical (unpaired) electrons. The van der Waals surface area contributed by atoms with E-state index in [2.05, 4.69) is 10.1 Å². The van der Waals surface area contributed by atoms with Crippen LogP contribution in [0.3, 0.4) is 0 Å². The van der Waals surface area contributed by atoms with E-state index in [0.717, 1.165) is 0 Å². The fourth-order valence-electron chi connectivity index (χ4n) is 1.70. The largest absolute Gasteiger partial charge is 0.486 e. The minimum atomic E-state index is -0.703. The van der Waals surface area contributed by atoms with Crippen LogP contribution in [-0.2, 0) is 9.53 Å². The van der Waals surface area contributed by atoms with E-state index in [1.807, 2.05) is 0 Å². The standard InChI is InChI=1S/C13H15NO5/c1-8(13(16)17-2)14-12(15)9-3-4-10-11(7-9)19-6-5-18-10/h3-4,7-8H,5-6H2,1-2H3,(H,14,15). The zero-order valence-corrected chi connectivity index (χ0v) is 10.8. The molecular weight excluding hydrogens is 250 g/mol. The van der Waals surface area contributed by atoms with Crippen LogP contribution in [-0.4, -0.2) is 38.2 Å². The number of ether oxygens (including phenoxy) is 3. The van der Waals surface area contributed by atoms with Crippen LogP contribution in [0.1, 0.15) is 17.3 Å². The van der Waals surface area contributed by atoms with E-state index in [1.54, 1.807) is 25.1 Å². The predicted octanol–water partition coefficient (Wildman–Crippen LogP) is 0.749. The van der Waals surface area contributed by atoms with Crippen LogP contribution in [0.4, 0.5) is 0 Å². The van der Waals surface area contributed by atoms with Crippen LogP contribution in [0.25, 0.3) is 0 Å². The molecule has 6 heteroatoms. The van der Waals surface area contributed by atoms with Gasteiger partial charge in [0.1, 0.15) is 19.3 Å². The molecule has 0 saturated heterocycles. The van der Waals surface area contributed by atoms with Gasteiger partial charge in [0.05, 0.1) is 7.11 Å². The average molecular weight is 265 g/mol. The van der Waals surface area contributed by atoms with Gasteiger partial charge >= 0.3 is 5.97 Å². The van der Waals surface area contributed by atoms with Gasteiger partial charge in [-0.25, -0.2) is 4.79 Å². The molecular formula is C13H15NO5. The zero-order chi connectivity index (χ0) is 13.8. The summed E-state index contributed by atoms with van der Waals surface area (Å²) in [5.74, 6) is 0.286. The molecule has 0 fully saturated rings. The van der Waals surface area contributed by atoms with E-state index in [9.17, 15) is 9.59 Å². The summed E-state index contributed by atoms with van der Waals surface area (Å²) in [6.07, 6.45) is 0. The minimum Gasteiger partial charge on any atom is -0.486 e. The number of esters is 1. The lowest BCUT2D eigenvalue weighted by Gasteiger charge is -2.19. The van der Waals surface area contributed by atoms with Gasteiger partial charge in [0.15, 0.2) is 11.5 Å². The molecule has 0 aromatic heterocycles. The molecule has 1 aromatic carbocycles. The van der Waals surface area contributed by atoms with E-state index >= 15 is 0 Å². The molecule has 102 valence electrons. The Morgan fingerprint density at radius 3 is 2.63 bits per heavy atom. The smallest absolute Gasteiger partial charge is 0.328 e. The van der Waals surface area contributed by atoms with E-state index in [-0.39, 0.29) is 5.91 Å². The van der Waals surface area contributed by atoms with Crippen LogP contribution < -0.4 is 14.8 Å². The molecule has 6 nitrogen and oxygen atoms in total. The van der Waals surface area contributed by atoms with Gasteiger partial charge in [-0.15, -0.1) is 0 Å². The number of rotatable bonds is 3. The summed E-state index contributed by atoms with van der Waals surface area (Å²) >= 11 is 0. The molecule has 1 aromatic rings. The lowest BCUT2D eigenvalue weighted by atomic mass is 10.1. The van der Waals surface area contributed by atoms with Gasteiger partial charge in [0.25, 0.3) is 5.91 Å². The zero-order valence-electron chi connectivity index (χ0n) is 10.8. The molecule has 0 bridgehead atoms. The van der Waals surface area contributed by atoms with Crippen molar-refractivity contribution in [2.24, 2.45) is 0 Å². The number of methoxy groups -OCH3 is 1. The van der Waals surface area contributed by atoms with Crippen molar-refractivity contribution in [3.8, 4) is 11.5 Å². The third kappa shape index (κ3) is 2.96. The van der Waals surface area contributed by atoms with Crippen molar-refractivity contribution in [1.82, 2.24) is 5.32 Å². The SMILES string of the molecule is COC(=O)C(C)NC(=O)c1ccc2c(c1)OCCO2. The Hall–Kier alpha value is -2.24. The Morgan fingerprint density at radius 2 is 1.95 bits per heavy atom. The maximum Gasteiger partial charge on any atom is 0.328 e. The Labute approximate surface area is 110 Å². The number of fused-ring (bicyclic) bond motifs is 1. The molecule has 1 atom stereocenters. The van der Waals surface area contributed by atoms with Crippen molar-refractivity contribution in [3.63, 3.8) is 0 Å². The van der Waals surface area contributed by atoms with E-state index in [0.29, 0.717) is 30.3 Å². The van der Waals surface area contributed by atoms with Crippen molar-refractivity contribution in [2.75, 3.05) is 20.3 Å². The summed E-state index contributed by atoms with van der Waals surface area (Å²) < 4.78 is 15.3. The van der Waals surface area contributed by atoms with Gasteiger partial charge in [-0.05, 0) is 25.1 Å². The topological polar surface area (TPSA) is 73.9 Å². The van der Waals surface area contributed by atoms with Gasteiger partial charge in [0, 0.05) is 5.56 Å². The highest BCUT2D eigenvalue weighted by Gasteiger charge is 2.19. The van der Waals surface area contributed by atoms with Gasteiger partial charge in [0.2, 0.25) is 0 Å². The van der Waals surface area contributed by atoms with Gasteiger partial charge in [-0.1, -0.05) is 0 Å². The minimum absolute atomic E-state index is 0.366. The normalized spacial score (nSPS) is 14.4. The van der Waals surface area contributed by atoms with Crippen molar-refractivity contribution < 1.29 is 23.8 Å². The number of benzene rings is 1. The number of hydrogen-bond acceptors (Lipinski definition) is 5. The second kappa shape index (κ2) is 5.60. The summed E-state index contributed by atoms with van der Waals surface area (Å²) in [4.78, 5) is 23.2. The Morgan fingerprint density at radius 1 is 1.26 bits per heavy atom. The first-order valence-electron chi connectivity index (χ1n) is 5.90. The number of amides is 1. The summed E-state index contributed by atoms with van der Waals surface area (Å²) in [7, 11) is 1.27. The fourth-order valence-corrected chi connectivity index (χ4v) is 1.70. The maximum atomic E-state index is 11.9. The van der Waals surface area contributed by atoms with Crippen molar-refractivity contribution >= 4 is 11.9 Å². The summed E-state index contributed by atoms with van der Waals surface area (Å²) in [6, 6.07) is 4.18. The van der Waals surface area contributed by atoms with Gasteiger partial charge < -0.3 is 19.5 Å². The Kier molecular flexibility index (Phi) is 3.89. The highest BCUT2D eigenvalue weighted by molar-refractivity contribution is 5.97. The number of carbonyl (C=O) groups is 2. The van der Waals surface area contributed by atoms with Crippen molar-refractivity contribution in [3.05, 3.63) is 23.8 Å². The second-order valence-electron chi connectivity index (χ2n) is 4.08. The highest BCUT2D eigenvalue weighted by atomic mass is 16.6. The molecule has 0 spiro atoms. The first-order valence-corrected chi connectivity index (χ1v) is 5.90. The second-order valence-corrected chi connectivity index (χ2v) is 4.08. The van der Waals surface area contributed by atoms with Crippen LogP contribution in [0.2, 0.25) is 0 Å². The monoisotopic (exact) mass is 265 g/mol. The van der Waals surface area contributed by atoms with E-state index < -0.39 is 12.0 Å². The van der Waals surface area contributed by atoms with Crippen LogP contribution in [0.15, 0.2) is 18.2 Å². The predicted molar refractivity (Wildman–Crippen MR) is 66.4 cm³/mol. The molecule has 1 amide bonds. The maximum absolute atomic E-state index is 11.9. The molecule has 0 aliphatic carbocycles. The summed E-state index contributed by atoms with van der Waals surface area (Å²) in [6.45, 7) is 2.51. The number of hydrogen-bond donors (Lipinski definition) is 1. The molecule has 1 heterocycles. The molecule has 19 heavy (non-hydrogen) atoms. The summed E-state index contributed by atoms with van der Waals surface area (Å²) in [5.41, 5.74) is 0.403. The average Bonchev–Trinajstić information content (AvgIpc) is 2.45. The third-order valence-corrected chi connectivity index (χ3v) is 2.71. The van der Waals surface area contributed by atoms with Crippen LogP contribution in [0.5, 0.6) is 11.5 Å². The van der Waals surface area contributed by atoms with Crippen LogP contribution in [0, 0.1) is 0 Å². The van der Waals surface area contributed by atoms with E-state index in [1.165, 1.54) is 7.11 Å². The fraction of sp³-hybridized carbons (Fsp3) is 0.385. The molecule has 1 aliphatic heterocycles. The van der Waals surface area contributed by atoms with Crippen molar-refractivity contribution in [2.45, 2.75) is 13.0 Å². The molecule has 0 saturated carbocycles. The number of carbonyl (C=O) groups excluding carboxylic acids is 2. The van der Waals surface area contributed by atoms with Gasteiger partial charge in [-0.2, -0.15) is 0 Å². The lowest BCUT2D eigenvalue weighted by molar-refractivity contribution is -0.142. The number of nitrogens with one attached hydrogen (secondary N) is 1. The first-order chi connectivity index (χ1) is 9.11. The van der Waals surface area contributed by atoms with Gasteiger partial charge in [-0.3, -0.25) is 4.79 Å². The third-order valence-electron chi connectivity index (χ3n) is 2.71.